The standard InChI is InChI=1S/C14H18Cl2N2O/c1-18(14(19)12-7-2-3-8-17-12)9-10-5-4-6-11(15)13(10)16/h4-6,12,17H,2-3,7-9H2,1H3/t12-/m0/s1. The molecule has 3 nitrogen and oxygen atoms in total. The number of nitrogens with one attached hydrogen (secondary N) is 1. The number of carbonyl (C=O) groups excluding carboxylic acids is 1. The molecule has 104 valence electrons. The van der Waals surface area contributed by atoms with E-state index >= 15 is 0 Å². The van der Waals surface area contributed by atoms with Crippen LogP contribution in [0, 0.1) is 0 Å². The molecule has 1 aliphatic rings. The summed E-state index contributed by atoms with van der Waals surface area (Å²) >= 11 is 12.1. The Labute approximate surface area is 123 Å². The minimum atomic E-state index is -0.0586. The van der Waals surface area contributed by atoms with E-state index in [0.29, 0.717) is 16.6 Å². The van der Waals surface area contributed by atoms with Gasteiger partial charge in [-0.1, -0.05) is 41.8 Å². The molecule has 1 atom stereocenters. The molecular formula is C14H18Cl2N2O. The maximum absolute atomic E-state index is 12.3. The summed E-state index contributed by atoms with van der Waals surface area (Å²) in [5.74, 6) is 0.121. The van der Waals surface area contributed by atoms with Gasteiger partial charge in [0.25, 0.3) is 0 Å². The predicted octanol–water partition coefficient (Wildman–Crippen LogP) is 3.09. The normalized spacial score (nSPS) is 19.2. The molecule has 5 heteroatoms. The zero-order valence-electron chi connectivity index (χ0n) is 11.0. The van der Waals surface area contributed by atoms with E-state index < -0.39 is 0 Å². The molecule has 1 aromatic carbocycles. The van der Waals surface area contributed by atoms with Crippen LogP contribution in [0.4, 0.5) is 0 Å². The average molecular weight is 301 g/mol. The largest absolute Gasteiger partial charge is 0.340 e. The third-order valence-electron chi connectivity index (χ3n) is 3.42. The van der Waals surface area contributed by atoms with Crippen molar-refractivity contribution in [1.29, 1.82) is 0 Å². The Kier molecular flexibility index (Phi) is 5.08. The molecule has 1 fully saturated rings. The van der Waals surface area contributed by atoms with E-state index in [2.05, 4.69) is 5.32 Å². The predicted molar refractivity (Wildman–Crippen MR) is 78.6 cm³/mol. The number of halogens is 2. The maximum Gasteiger partial charge on any atom is 0.239 e. The fraction of sp³-hybridized carbons (Fsp3) is 0.500. The summed E-state index contributed by atoms with van der Waals surface area (Å²) in [6.07, 6.45) is 3.16. The summed E-state index contributed by atoms with van der Waals surface area (Å²) in [7, 11) is 1.80. The monoisotopic (exact) mass is 300 g/mol. The summed E-state index contributed by atoms with van der Waals surface area (Å²) in [4.78, 5) is 14.0. The number of benzene rings is 1. The highest BCUT2D eigenvalue weighted by Crippen LogP contribution is 2.26. The van der Waals surface area contributed by atoms with Crippen molar-refractivity contribution in [3.63, 3.8) is 0 Å². The zero-order valence-corrected chi connectivity index (χ0v) is 12.5. The third kappa shape index (κ3) is 3.62. The van der Waals surface area contributed by atoms with Gasteiger partial charge in [0, 0.05) is 13.6 Å². The number of hydrogen-bond acceptors (Lipinski definition) is 2. The van der Waals surface area contributed by atoms with Gasteiger partial charge in [-0.25, -0.2) is 0 Å². The minimum Gasteiger partial charge on any atom is -0.340 e. The van der Waals surface area contributed by atoms with Crippen LogP contribution in [0.15, 0.2) is 18.2 Å². The molecular weight excluding hydrogens is 283 g/mol. The lowest BCUT2D eigenvalue weighted by molar-refractivity contribution is -0.133. The summed E-state index contributed by atoms with van der Waals surface area (Å²) in [6.45, 7) is 1.40. The molecule has 1 saturated heterocycles. The highest BCUT2D eigenvalue weighted by atomic mass is 35.5. The van der Waals surface area contributed by atoms with Gasteiger partial charge >= 0.3 is 0 Å². The first kappa shape index (κ1) is 14.6. The number of rotatable bonds is 3. The highest BCUT2D eigenvalue weighted by Gasteiger charge is 2.24. The lowest BCUT2D eigenvalue weighted by Crippen LogP contribution is -2.47. The second-order valence-corrected chi connectivity index (χ2v) is 5.69. The molecule has 1 amide bonds. The van der Waals surface area contributed by atoms with E-state index in [1.807, 2.05) is 12.1 Å². The van der Waals surface area contributed by atoms with Gasteiger partial charge in [-0.15, -0.1) is 0 Å². The van der Waals surface area contributed by atoms with Gasteiger partial charge in [0.2, 0.25) is 5.91 Å². The van der Waals surface area contributed by atoms with Crippen LogP contribution in [0.1, 0.15) is 24.8 Å². The van der Waals surface area contributed by atoms with Crippen LogP contribution in [-0.2, 0) is 11.3 Å². The van der Waals surface area contributed by atoms with Crippen LogP contribution < -0.4 is 5.32 Å². The van der Waals surface area contributed by atoms with E-state index in [-0.39, 0.29) is 11.9 Å². The Balaban J connectivity index is 2.01. The third-order valence-corrected chi connectivity index (χ3v) is 4.28. The van der Waals surface area contributed by atoms with E-state index in [4.69, 9.17) is 23.2 Å². The molecule has 1 aromatic rings. The molecule has 1 aliphatic heterocycles. The van der Waals surface area contributed by atoms with Crippen LogP contribution in [0.2, 0.25) is 10.0 Å². The second kappa shape index (κ2) is 6.60. The van der Waals surface area contributed by atoms with Crippen molar-refractivity contribution >= 4 is 29.1 Å². The van der Waals surface area contributed by atoms with Gasteiger partial charge in [0.15, 0.2) is 0 Å². The van der Waals surface area contributed by atoms with Crippen molar-refractivity contribution in [2.45, 2.75) is 31.8 Å². The van der Waals surface area contributed by atoms with Gasteiger partial charge in [-0.3, -0.25) is 4.79 Å². The summed E-state index contributed by atoms with van der Waals surface area (Å²) in [5, 5.41) is 4.31. The number of amides is 1. The molecule has 0 unspecified atom stereocenters. The number of carbonyl (C=O) groups is 1. The number of likely N-dealkylation sites (N-methyl/N-ethyl adjacent to an activating group) is 1. The Morgan fingerprint density at radius 2 is 2.21 bits per heavy atom. The van der Waals surface area contributed by atoms with Gasteiger partial charge in [0.05, 0.1) is 16.1 Å². The first-order chi connectivity index (χ1) is 9.09. The van der Waals surface area contributed by atoms with E-state index in [1.165, 1.54) is 0 Å². The number of hydrogen-bond donors (Lipinski definition) is 1. The van der Waals surface area contributed by atoms with Gasteiger partial charge in [-0.2, -0.15) is 0 Å². The fourth-order valence-corrected chi connectivity index (χ4v) is 2.71. The van der Waals surface area contributed by atoms with Crippen molar-refractivity contribution in [3.05, 3.63) is 33.8 Å². The first-order valence-electron chi connectivity index (χ1n) is 6.51. The first-order valence-corrected chi connectivity index (χ1v) is 7.26. The number of piperidine rings is 1. The quantitative estimate of drug-likeness (QED) is 0.930. The lowest BCUT2D eigenvalue weighted by atomic mass is 10.0. The average Bonchev–Trinajstić information content (AvgIpc) is 2.44. The maximum atomic E-state index is 12.3. The molecule has 1 N–H and O–H groups in total. The van der Waals surface area contributed by atoms with Crippen molar-refractivity contribution in [2.75, 3.05) is 13.6 Å². The second-order valence-electron chi connectivity index (χ2n) is 4.91. The molecule has 2 rings (SSSR count). The van der Waals surface area contributed by atoms with Crippen LogP contribution >= 0.6 is 23.2 Å². The summed E-state index contributed by atoms with van der Waals surface area (Å²) < 4.78 is 0. The van der Waals surface area contributed by atoms with Gasteiger partial charge in [0.1, 0.15) is 0 Å². The molecule has 0 aromatic heterocycles. The molecule has 0 radical (unpaired) electrons. The van der Waals surface area contributed by atoms with Crippen molar-refractivity contribution in [3.8, 4) is 0 Å². The van der Waals surface area contributed by atoms with Crippen LogP contribution in [0.25, 0.3) is 0 Å². The smallest absolute Gasteiger partial charge is 0.239 e. The van der Waals surface area contributed by atoms with Gasteiger partial charge < -0.3 is 10.2 Å². The Hall–Kier alpha value is -0.770. The SMILES string of the molecule is CN(Cc1cccc(Cl)c1Cl)C(=O)[C@@H]1CCCCN1. The van der Waals surface area contributed by atoms with Crippen LogP contribution in [0.5, 0.6) is 0 Å². The molecule has 0 spiro atoms. The van der Waals surface area contributed by atoms with Crippen LogP contribution in [-0.4, -0.2) is 30.4 Å². The van der Waals surface area contributed by atoms with Crippen molar-refractivity contribution < 1.29 is 4.79 Å². The van der Waals surface area contributed by atoms with Crippen molar-refractivity contribution in [1.82, 2.24) is 10.2 Å². The summed E-state index contributed by atoms with van der Waals surface area (Å²) in [5.41, 5.74) is 0.876. The Bertz CT molecular complexity index is 459. The molecule has 1 heterocycles. The topological polar surface area (TPSA) is 32.3 Å². The zero-order chi connectivity index (χ0) is 13.8. The summed E-state index contributed by atoms with van der Waals surface area (Å²) in [6, 6.07) is 5.43. The Morgan fingerprint density at radius 1 is 1.42 bits per heavy atom. The highest BCUT2D eigenvalue weighted by molar-refractivity contribution is 6.42. The minimum absolute atomic E-state index is 0.0586. The van der Waals surface area contributed by atoms with Crippen LogP contribution in [0.3, 0.4) is 0 Å². The molecule has 0 aliphatic carbocycles. The van der Waals surface area contributed by atoms with E-state index in [1.54, 1.807) is 18.0 Å². The molecule has 0 saturated carbocycles. The fourth-order valence-electron chi connectivity index (χ4n) is 2.33. The van der Waals surface area contributed by atoms with Crippen molar-refractivity contribution in [2.24, 2.45) is 0 Å². The molecule has 0 bridgehead atoms. The number of nitrogens with zero attached hydrogens (tertiary/aromatic N) is 1. The molecule has 19 heavy (non-hydrogen) atoms. The lowest BCUT2D eigenvalue weighted by Gasteiger charge is -2.27. The van der Waals surface area contributed by atoms with E-state index in [9.17, 15) is 4.79 Å². The van der Waals surface area contributed by atoms with Gasteiger partial charge in [-0.05, 0) is 31.0 Å². The Morgan fingerprint density at radius 3 is 2.89 bits per heavy atom. The van der Waals surface area contributed by atoms with E-state index in [0.717, 1.165) is 31.4 Å².